The molecule has 156 valence electrons. The summed E-state index contributed by atoms with van der Waals surface area (Å²) < 4.78 is 0. The van der Waals surface area contributed by atoms with Crippen LogP contribution in [0.5, 0.6) is 0 Å². The average molecular weight is 447 g/mol. The average Bonchev–Trinajstić information content (AvgIpc) is 2.80. The van der Waals surface area contributed by atoms with E-state index in [-0.39, 0.29) is 21.9 Å². The molecule has 4 aromatic rings. The van der Waals surface area contributed by atoms with Gasteiger partial charge in [-0.3, -0.25) is 15.9 Å². The summed E-state index contributed by atoms with van der Waals surface area (Å²) in [6.07, 6.45) is 10.5. The molecule has 0 atom stereocenters. The summed E-state index contributed by atoms with van der Waals surface area (Å²) in [5.41, 5.74) is 6.15. The Hall–Kier alpha value is -3.21. The van der Waals surface area contributed by atoms with E-state index in [4.69, 9.17) is 6.42 Å². The molecule has 2 aromatic heterocycles. The van der Waals surface area contributed by atoms with Gasteiger partial charge in [-0.1, -0.05) is 68.3 Å². The van der Waals surface area contributed by atoms with Gasteiger partial charge in [0.05, 0.1) is 0 Å². The van der Waals surface area contributed by atoms with Crippen LogP contribution in [-0.4, -0.2) is 9.97 Å². The molecule has 0 saturated heterocycles. The Morgan fingerprint density at radius 1 is 0.710 bits per heavy atom. The Morgan fingerprint density at radius 3 is 1.61 bits per heavy atom. The van der Waals surface area contributed by atoms with E-state index in [1.54, 1.807) is 12.4 Å². The van der Waals surface area contributed by atoms with Crippen LogP contribution in [0.15, 0.2) is 91.3 Å². The molecule has 31 heavy (non-hydrogen) atoms. The first-order chi connectivity index (χ1) is 14.5. The minimum atomic E-state index is 0. The largest absolute Gasteiger partial charge is 2.00 e. The first-order valence-electron chi connectivity index (χ1n) is 9.86. The quantitative estimate of drug-likeness (QED) is 0.198. The van der Waals surface area contributed by atoms with Crippen LogP contribution in [0.2, 0.25) is 0 Å². The normalized spacial score (nSPS) is 10.1. The summed E-state index contributed by atoms with van der Waals surface area (Å²) >= 11 is 0. The second kappa shape index (κ2) is 11.3. The second-order valence-electron chi connectivity index (χ2n) is 7.86. The van der Waals surface area contributed by atoms with Crippen LogP contribution in [0, 0.1) is 18.4 Å². The van der Waals surface area contributed by atoms with Gasteiger partial charge < -0.3 is 6.42 Å². The van der Waals surface area contributed by atoms with Crippen molar-refractivity contribution in [1.82, 2.24) is 9.97 Å². The van der Waals surface area contributed by atoms with Crippen LogP contribution in [0.25, 0.3) is 22.5 Å². The Kier molecular flexibility index (Phi) is 8.74. The topological polar surface area (TPSA) is 25.8 Å². The van der Waals surface area contributed by atoms with E-state index in [9.17, 15) is 0 Å². The summed E-state index contributed by atoms with van der Waals surface area (Å²) in [6, 6.07) is 29.1. The van der Waals surface area contributed by atoms with E-state index in [1.807, 2.05) is 66.7 Å². The molecule has 2 aromatic carbocycles. The Labute approximate surface area is 195 Å². The number of aromatic nitrogens is 2. The van der Waals surface area contributed by atoms with E-state index in [2.05, 4.69) is 54.9 Å². The third-order valence-corrected chi connectivity index (χ3v) is 4.57. The smallest absolute Gasteiger partial charge is 0.366 e. The fourth-order valence-electron chi connectivity index (χ4n) is 2.87. The van der Waals surface area contributed by atoms with Gasteiger partial charge in [0.25, 0.3) is 0 Å². The number of nitrogens with zero attached hydrogens (tertiary/aromatic N) is 2. The zero-order chi connectivity index (χ0) is 21.4. The van der Waals surface area contributed by atoms with Crippen molar-refractivity contribution < 1.29 is 16.5 Å². The van der Waals surface area contributed by atoms with Crippen molar-refractivity contribution in [3.63, 3.8) is 0 Å². The summed E-state index contributed by atoms with van der Waals surface area (Å²) in [4.78, 5) is 8.66. The van der Waals surface area contributed by atoms with Gasteiger partial charge >= 0.3 is 16.5 Å². The molecular weight excluding hydrogens is 423 g/mol. The predicted octanol–water partition coefficient (Wildman–Crippen LogP) is 6.53. The van der Waals surface area contributed by atoms with Gasteiger partial charge in [-0.25, -0.2) is 0 Å². The first-order valence-corrected chi connectivity index (χ1v) is 9.86. The van der Waals surface area contributed by atoms with E-state index in [0.29, 0.717) is 0 Å². The fraction of sp³-hybridized carbons (Fsp3) is 0.143. The standard InChI is InChI=1S/C16H11N2.C12H13.Ni/c1-3-10-17-15(8-1)13-6-5-7-14(12-13)16-9-2-4-11-18-16;1-5-10-6-8-11(9-7-10)12(2,3)4;/h1-11H;6-9H,2-4H3;/q2*-1;+2. The molecule has 0 aliphatic heterocycles. The molecule has 0 N–H and O–H groups in total. The molecule has 0 amide bonds. The van der Waals surface area contributed by atoms with Gasteiger partial charge in [0, 0.05) is 23.8 Å². The Morgan fingerprint density at radius 2 is 1.23 bits per heavy atom. The number of hydrogen-bond donors (Lipinski definition) is 0. The van der Waals surface area contributed by atoms with Crippen molar-refractivity contribution >= 4 is 0 Å². The molecular formula is C28H24N2Ni. The van der Waals surface area contributed by atoms with Gasteiger partial charge in [-0.2, -0.15) is 0 Å². The second-order valence-corrected chi connectivity index (χ2v) is 7.86. The zero-order valence-corrected chi connectivity index (χ0v) is 18.9. The molecule has 0 saturated carbocycles. The summed E-state index contributed by atoms with van der Waals surface area (Å²) in [7, 11) is 0. The third kappa shape index (κ3) is 6.92. The van der Waals surface area contributed by atoms with E-state index in [1.165, 1.54) is 5.56 Å². The van der Waals surface area contributed by atoms with Crippen molar-refractivity contribution in [1.29, 1.82) is 0 Å². The molecule has 0 aliphatic carbocycles. The first kappa shape index (κ1) is 24.1. The van der Waals surface area contributed by atoms with Gasteiger partial charge in [0.15, 0.2) is 0 Å². The maximum Gasteiger partial charge on any atom is 2.00 e. The molecule has 0 fully saturated rings. The van der Waals surface area contributed by atoms with Crippen LogP contribution >= 0.6 is 0 Å². The summed E-state index contributed by atoms with van der Waals surface area (Å²) in [6.45, 7) is 6.53. The third-order valence-electron chi connectivity index (χ3n) is 4.57. The van der Waals surface area contributed by atoms with Crippen LogP contribution in [0.3, 0.4) is 0 Å². The van der Waals surface area contributed by atoms with Crippen molar-refractivity contribution in [3.05, 3.63) is 115 Å². The SMILES string of the molecule is [C-]#Cc1ccc(C(C)(C)C)cc1.[Ni+2].[c-]1c(-c2ccccn2)cccc1-c1ccccn1. The van der Waals surface area contributed by atoms with E-state index < -0.39 is 0 Å². The maximum atomic E-state index is 6.92. The molecule has 2 nitrogen and oxygen atoms in total. The van der Waals surface area contributed by atoms with Gasteiger partial charge in [0.1, 0.15) is 0 Å². The monoisotopic (exact) mass is 446 g/mol. The summed E-state index contributed by atoms with van der Waals surface area (Å²) in [5.74, 6) is 2.36. The van der Waals surface area contributed by atoms with Crippen molar-refractivity contribution in [2.24, 2.45) is 0 Å². The van der Waals surface area contributed by atoms with Crippen molar-refractivity contribution in [3.8, 4) is 28.4 Å². The predicted molar refractivity (Wildman–Crippen MR) is 123 cm³/mol. The van der Waals surface area contributed by atoms with Crippen LogP contribution in [-0.2, 0) is 21.9 Å². The number of hydrogen-bond acceptors (Lipinski definition) is 2. The van der Waals surface area contributed by atoms with Crippen LogP contribution < -0.4 is 0 Å². The molecule has 0 spiro atoms. The van der Waals surface area contributed by atoms with Gasteiger partial charge in [-0.05, 0) is 23.1 Å². The molecule has 0 unspecified atom stereocenters. The zero-order valence-electron chi connectivity index (χ0n) is 17.9. The van der Waals surface area contributed by atoms with Crippen LogP contribution in [0.4, 0.5) is 0 Å². The molecule has 2 heterocycles. The minimum Gasteiger partial charge on any atom is -0.366 e. The molecule has 0 aliphatic rings. The summed E-state index contributed by atoms with van der Waals surface area (Å²) in [5, 5.41) is 0. The number of benzene rings is 2. The molecule has 0 bridgehead atoms. The molecule has 3 heteroatoms. The minimum absolute atomic E-state index is 0. The Bertz CT molecular complexity index is 1050. The van der Waals surface area contributed by atoms with E-state index in [0.717, 1.165) is 28.1 Å². The van der Waals surface area contributed by atoms with E-state index >= 15 is 0 Å². The number of pyridine rings is 2. The molecule has 0 radical (unpaired) electrons. The van der Waals surface area contributed by atoms with Crippen molar-refractivity contribution in [2.45, 2.75) is 26.2 Å². The molecule has 4 rings (SSSR count). The number of rotatable bonds is 2. The van der Waals surface area contributed by atoms with Gasteiger partial charge in [0.2, 0.25) is 0 Å². The maximum absolute atomic E-state index is 6.92. The Balaban J connectivity index is 0.000000231. The van der Waals surface area contributed by atoms with Crippen molar-refractivity contribution in [2.75, 3.05) is 0 Å². The fourth-order valence-corrected chi connectivity index (χ4v) is 2.87. The van der Waals surface area contributed by atoms with Gasteiger partial charge in [-0.15, -0.1) is 42.0 Å². The van der Waals surface area contributed by atoms with Crippen LogP contribution in [0.1, 0.15) is 31.9 Å².